The third kappa shape index (κ3) is 5.06. The van der Waals surface area contributed by atoms with Crippen LogP contribution in [0.25, 0.3) is 0 Å². The Kier molecular flexibility index (Phi) is 7.01. The quantitative estimate of drug-likeness (QED) is 0.685. The molecule has 0 aliphatic carbocycles. The molecule has 0 saturated carbocycles. The third-order valence-electron chi connectivity index (χ3n) is 4.41. The van der Waals surface area contributed by atoms with E-state index in [2.05, 4.69) is 15.8 Å². The summed E-state index contributed by atoms with van der Waals surface area (Å²) in [4.78, 5) is 12.3. The number of benzene rings is 1. The van der Waals surface area contributed by atoms with Crippen molar-refractivity contribution in [3.05, 3.63) is 52.9 Å². The van der Waals surface area contributed by atoms with E-state index in [0.717, 1.165) is 29.0 Å². The van der Waals surface area contributed by atoms with Crippen LogP contribution in [0, 0.1) is 13.8 Å². The van der Waals surface area contributed by atoms with Crippen molar-refractivity contribution in [2.75, 3.05) is 13.2 Å². The molecular weight excluding hydrogens is 318 g/mol. The van der Waals surface area contributed by atoms with Crippen LogP contribution in [0.2, 0.25) is 0 Å². The van der Waals surface area contributed by atoms with Crippen molar-refractivity contribution >= 4 is 6.03 Å². The van der Waals surface area contributed by atoms with E-state index in [1.165, 1.54) is 0 Å². The van der Waals surface area contributed by atoms with Crippen LogP contribution < -0.4 is 10.6 Å². The lowest BCUT2D eigenvalue weighted by molar-refractivity contribution is 0.233. The number of aliphatic hydroxyl groups excluding tert-OH is 1. The van der Waals surface area contributed by atoms with Crippen LogP contribution in [0.1, 0.15) is 54.3 Å². The van der Waals surface area contributed by atoms with Crippen molar-refractivity contribution in [3.63, 3.8) is 0 Å². The molecule has 0 aliphatic rings. The van der Waals surface area contributed by atoms with E-state index >= 15 is 0 Å². The lowest BCUT2D eigenvalue weighted by atomic mass is 9.96. The van der Waals surface area contributed by atoms with Crippen molar-refractivity contribution in [1.29, 1.82) is 0 Å². The number of nitrogens with one attached hydrogen (secondary N) is 2. The number of nitrogens with zero attached hydrogens (tertiary/aromatic N) is 1. The highest BCUT2D eigenvalue weighted by Gasteiger charge is 2.21. The van der Waals surface area contributed by atoms with E-state index in [1.807, 2.05) is 51.1 Å². The Balaban J connectivity index is 1.96. The molecule has 1 aromatic heterocycles. The molecule has 2 aromatic rings. The van der Waals surface area contributed by atoms with Crippen molar-refractivity contribution in [3.8, 4) is 0 Å². The molecule has 2 amide bonds. The number of urea groups is 1. The highest BCUT2D eigenvalue weighted by Crippen LogP contribution is 2.24. The summed E-state index contributed by atoms with van der Waals surface area (Å²) in [5, 5.41) is 19.1. The van der Waals surface area contributed by atoms with E-state index < -0.39 is 0 Å². The van der Waals surface area contributed by atoms with Gasteiger partial charge in [0.2, 0.25) is 0 Å². The minimum atomic E-state index is -0.231. The molecule has 0 spiro atoms. The first-order valence-corrected chi connectivity index (χ1v) is 8.69. The Labute approximate surface area is 148 Å². The topological polar surface area (TPSA) is 87.4 Å². The zero-order valence-corrected chi connectivity index (χ0v) is 15.1. The summed E-state index contributed by atoms with van der Waals surface area (Å²) in [6.07, 6.45) is 1.35. The molecule has 0 aliphatic heterocycles. The van der Waals surface area contributed by atoms with Crippen molar-refractivity contribution in [1.82, 2.24) is 15.8 Å². The number of amides is 2. The molecule has 6 nitrogen and oxygen atoms in total. The maximum atomic E-state index is 12.3. The first-order chi connectivity index (χ1) is 12.1. The summed E-state index contributed by atoms with van der Waals surface area (Å²) in [6, 6.07) is 9.53. The largest absolute Gasteiger partial charge is 0.396 e. The fourth-order valence-corrected chi connectivity index (χ4v) is 3.06. The second-order valence-corrected chi connectivity index (χ2v) is 6.17. The minimum Gasteiger partial charge on any atom is -0.396 e. The van der Waals surface area contributed by atoms with Crippen LogP contribution in [0.3, 0.4) is 0 Å². The summed E-state index contributed by atoms with van der Waals surface area (Å²) in [5.41, 5.74) is 2.84. The Morgan fingerprint density at radius 2 is 2.00 bits per heavy atom. The number of aromatic nitrogens is 1. The molecule has 1 heterocycles. The van der Waals surface area contributed by atoms with Gasteiger partial charge in [0, 0.05) is 24.6 Å². The van der Waals surface area contributed by atoms with Gasteiger partial charge in [0.05, 0.1) is 11.7 Å². The molecule has 1 aromatic carbocycles. The maximum absolute atomic E-state index is 12.3. The van der Waals surface area contributed by atoms with E-state index in [1.54, 1.807) is 0 Å². The SMILES string of the molecule is CCC(NC(=O)NCC(CCO)c1ccccc1)c1c(C)noc1C. The van der Waals surface area contributed by atoms with Gasteiger partial charge in [0.15, 0.2) is 0 Å². The number of carbonyl (C=O) groups excluding carboxylic acids is 1. The number of hydrogen-bond donors (Lipinski definition) is 3. The van der Waals surface area contributed by atoms with Gasteiger partial charge in [0.1, 0.15) is 5.76 Å². The smallest absolute Gasteiger partial charge is 0.315 e. The van der Waals surface area contributed by atoms with Gasteiger partial charge < -0.3 is 20.3 Å². The maximum Gasteiger partial charge on any atom is 0.315 e. The zero-order chi connectivity index (χ0) is 18.2. The molecule has 0 radical (unpaired) electrons. The van der Waals surface area contributed by atoms with Gasteiger partial charge in [-0.1, -0.05) is 42.4 Å². The number of aryl methyl sites for hydroxylation is 2. The highest BCUT2D eigenvalue weighted by molar-refractivity contribution is 5.74. The predicted molar refractivity (Wildman–Crippen MR) is 96.4 cm³/mol. The highest BCUT2D eigenvalue weighted by atomic mass is 16.5. The van der Waals surface area contributed by atoms with Gasteiger partial charge in [-0.2, -0.15) is 0 Å². The van der Waals surface area contributed by atoms with Gasteiger partial charge in [-0.3, -0.25) is 0 Å². The Morgan fingerprint density at radius 1 is 1.28 bits per heavy atom. The summed E-state index contributed by atoms with van der Waals surface area (Å²) in [5.74, 6) is 0.809. The summed E-state index contributed by atoms with van der Waals surface area (Å²) >= 11 is 0. The van der Waals surface area contributed by atoms with Crippen LogP contribution in [0.5, 0.6) is 0 Å². The molecule has 2 rings (SSSR count). The van der Waals surface area contributed by atoms with Gasteiger partial charge in [-0.25, -0.2) is 4.79 Å². The number of aliphatic hydroxyl groups is 1. The Morgan fingerprint density at radius 3 is 2.56 bits per heavy atom. The number of rotatable bonds is 8. The van der Waals surface area contributed by atoms with E-state index in [4.69, 9.17) is 4.52 Å². The van der Waals surface area contributed by atoms with Crippen molar-refractivity contribution < 1.29 is 14.4 Å². The van der Waals surface area contributed by atoms with E-state index in [9.17, 15) is 9.90 Å². The average Bonchev–Trinajstić information content (AvgIpc) is 2.96. The average molecular weight is 345 g/mol. The fourth-order valence-electron chi connectivity index (χ4n) is 3.06. The van der Waals surface area contributed by atoms with Gasteiger partial charge >= 0.3 is 6.03 Å². The van der Waals surface area contributed by atoms with Gasteiger partial charge in [-0.05, 0) is 32.3 Å². The van der Waals surface area contributed by atoms with Crippen LogP contribution >= 0.6 is 0 Å². The summed E-state index contributed by atoms with van der Waals surface area (Å²) < 4.78 is 5.20. The lowest BCUT2D eigenvalue weighted by Crippen LogP contribution is -2.40. The van der Waals surface area contributed by atoms with Gasteiger partial charge in [-0.15, -0.1) is 0 Å². The van der Waals surface area contributed by atoms with Crippen LogP contribution in [0.4, 0.5) is 4.79 Å². The first kappa shape index (κ1) is 19.0. The second kappa shape index (κ2) is 9.22. The molecule has 136 valence electrons. The van der Waals surface area contributed by atoms with E-state index in [0.29, 0.717) is 13.0 Å². The van der Waals surface area contributed by atoms with Crippen LogP contribution in [-0.2, 0) is 0 Å². The normalized spacial score (nSPS) is 13.3. The second-order valence-electron chi connectivity index (χ2n) is 6.17. The van der Waals surface area contributed by atoms with Crippen LogP contribution in [-0.4, -0.2) is 29.4 Å². The fraction of sp³-hybridized carbons (Fsp3) is 0.474. The molecular formula is C19H27N3O3. The molecule has 25 heavy (non-hydrogen) atoms. The first-order valence-electron chi connectivity index (χ1n) is 8.69. The lowest BCUT2D eigenvalue weighted by Gasteiger charge is -2.20. The predicted octanol–water partition coefficient (Wildman–Crippen LogP) is 3.21. The number of hydrogen-bond acceptors (Lipinski definition) is 4. The number of carbonyl (C=O) groups is 1. The minimum absolute atomic E-state index is 0.0797. The van der Waals surface area contributed by atoms with Gasteiger partial charge in [0.25, 0.3) is 0 Å². The zero-order valence-electron chi connectivity index (χ0n) is 15.1. The molecule has 3 N–H and O–H groups in total. The van der Waals surface area contributed by atoms with E-state index in [-0.39, 0.29) is 24.6 Å². The molecule has 0 saturated heterocycles. The molecule has 2 unspecified atom stereocenters. The standard InChI is InChI=1S/C19H27N3O3/c1-4-17(18-13(2)22-25-14(18)3)21-19(24)20-12-16(10-11-23)15-8-6-5-7-9-15/h5-9,16-17,23H,4,10-12H2,1-3H3,(H2,20,21,24). The Hall–Kier alpha value is -2.34. The van der Waals surface area contributed by atoms with Crippen molar-refractivity contribution in [2.45, 2.75) is 45.6 Å². The van der Waals surface area contributed by atoms with Crippen LogP contribution in [0.15, 0.2) is 34.9 Å². The third-order valence-corrected chi connectivity index (χ3v) is 4.41. The summed E-state index contributed by atoms with van der Waals surface area (Å²) in [6.45, 7) is 6.29. The molecule has 2 atom stereocenters. The molecule has 0 fully saturated rings. The summed E-state index contributed by atoms with van der Waals surface area (Å²) in [7, 11) is 0. The monoisotopic (exact) mass is 345 g/mol. The van der Waals surface area contributed by atoms with Crippen molar-refractivity contribution in [2.24, 2.45) is 0 Å². The Bertz CT molecular complexity index is 650. The molecule has 0 bridgehead atoms. The molecule has 6 heteroatoms.